The summed E-state index contributed by atoms with van der Waals surface area (Å²) in [6.45, 7) is 4.76. The molecule has 2 rings (SSSR count). The van der Waals surface area contributed by atoms with Crippen molar-refractivity contribution < 1.29 is 0 Å². The standard InChI is InChI=1S/C14H15Cl2N3/c1-3-17-14(13-6-7-18-9(2)19-13)10-4-5-11(15)12(16)8-10/h4-8,14,17H,3H2,1-2H3. The minimum Gasteiger partial charge on any atom is -0.305 e. The monoisotopic (exact) mass is 295 g/mol. The molecule has 1 aromatic heterocycles. The van der Waals surface area contributed by atoms with Gasteiger partial charge in [0.25, 0.3) is 0 Å². The van der Waals surface area contributed by atoms with E-state index in [4.69, 9.17) is 23.2 Å². The molecule has 0 saturated heterocycles. The van der Waals surface area contributed by atoms with Crippen LogP contribution in [0.2, 0.25) is 10.0 Å². The zero-order valence-corrected chi connectivity index (χ0v) is 12.3. The number of aromatic nitrogens is 2. The summed E-state index contributed by atoms with van der Waals surface area (Å²) in [5.41, 5.74) is 1.96. The first-order valence-electron chi connectivity index (χ1n) is 6.09. The molecule has 3 nitrogen and oxygen atoms in total. The highest BCUT2D eigenvalue weighted by Gasteiger charge is 2.15. The van der Waals surface area contributed by atoms with Crippen LogP contribution in [0.15, 0.2) is 30.5 Å². The number of halogens is 2. The van der Waals surface area contributed by atoms with E-state index >= 15 is 0 Å². The van der Waals surface area contributed by atoms with Crippen LogP contribution in [0.3, 0.4) is 0 Å². The fraction of sp³-hybridized carbons (Fsp3) is 0.286. The van der Waals surface area contributed by atoms with Crippen LogP contribution in [0.4, 0.5) is 0 Å². The van der Waals surface area contributed by atoms with Gasteiger partial charge >= 0.3 is 0 Å². The van der Waals surface area contributed by atoms with Gasteiger partial charge in [-0.1, -0.05) is 36.2 Å². The summed E-state index contributed by atoms with van der Waals surface area (Å²) < 4.78 is 0. The van der Waals surface area contributed by atoms with Crippen molar-refractivity contribution in [2.24, 2.45) is 0 Å². The highest BCUT2D eigenvalue weighted by Crippen LogP contribution is 2.28. The fourth-order valence-corrected chi connectivity index (χ4v) is 2.23. The molecule has 1 heterocycles. The number of nitrogens with zero attached hydrogens (tertiary/aromatic N) is 2. The SMILES string of the molecule is CCNC(c1ccc(Cl)c(Cl)c1)c1ccnc(C)n1. The molecule has 1 N–H and O–H groups in total. The van der Waals surface area contributed by atoms with Crippen LogP contribution in [-0.4, -0.2) is 16.5 Å². The molecular weight excluding hydrogens is 281 g/mol. The van der Waals surface area contributed by atoms with Gasteiger partial charge in [0.1, 0.15) is 5.82 Å². The molecule has 1 aromatic carbocycles. The number of benzene rings is 1. The van der Waals surface area contributed by atoms with Crippen molar-refractivity contribution in [2.45, 2.75) is 19.9 Å². The van der Waals surface area contributed by atoms with Crippen LogP contribution < -0.4 is 5.32 Å². The summed E-state index contributed by atoms with van der Waals surface area (Å²) in [6.07, 6.45) is 1.76. The second-order valence-electron chi connectivity index (χ2n) is 4.19. The van der Waals surface area contributed by atoms with Crippen LogP contribution in [0.1, 0.15) is 30.0 Å². The minimum atomic E-state index is -0.0125. The zero-order valence-electron chi connectivity index (χ0n) is 10.8. The summed E-state index contributed by atoms with van der Waals surface area (Å²) in [5, 5.41) is 4.50. The lowest BCUT2D eigenvalue weighted by atomic mass is 10.0. The lowest BCUT2D eigenvalue weighted by molar-refractivity contribution is 0.611. The Labute approximate surface area is 123 Å². The maximum Gasteiger partial charge on any atom is 0.125 e. The van der Waals surface area contributed by atoms with Gasteiger partial charge in [0.15, 0.2) is 0 Å². The van der Waals surface area contributed by atoms with Crippen molar-refractivity contribution in [1.29, 1.82) is 0 Å². The maximum atomic E-state index is 6.08. The van der Waals surface area contributed by atoms with Gasteiger partial charge in [0, 0.05) is 6.20 Å². The Kier molecular flexibility index (Phi) is 4.75. The first-order chi connectivity index (χ1) is 9.11. The second kappa shape index (κ2) is 6.33. The van der Waals surface area contributed by atoms with E-state index in [1.54, 1.807) is 12.3 Å². The molecule has 5 heteroatoms. The third-order valence-corrected chi connectivity index (χ3v) is 3.52. The molecule has 0 aliphatic heterocycles. The highest BCUT2D eigenvalue weighted by atomic mass is 35.5. The molecule has 0 aliphatic carbocycles. The van der Waals surface area contributed by atoms with Crippen molar-refractivity contribution in [3.8, 4) is 0 Å². The van der Waals surface area contributed by atoms with Crippen molar-refractivity contribution >= 4 is 23.2 Å². The topological polar surface area (TPSA) is 37.8 Å². The van der Waals surface area contributed by atoms with Gasteiger partial charge in [0.05, 0.1) is 21.8 Å². The molecule has 0 amide bonds. The Morgan fingerprint density at radius 2 is 2.00 bits per heavy atom. The fourth-order valence-electron chi connectivity index (χ4n) is 1.92. The Bertz CT molecular complexity index is 572. The summed E-state index contributed by atoms with van der Waals surface area (Å²) in [7, 11) is 0. The van der Waals surface area contributed by atoms with Crippen molar-refractivity contribution in [2.75, 3.05) is 6.54 Å². The van der Waals surface area contributed by atoms with Crippen molar-refractivity contribution in [3.63, 3.8) is 0 Å². The minimum absolute atomic E-state index is 0.0125. The molecule has 0 saturated carbocycles. The Balaban J connectivity index is 2.42. The maximum absolute atomic E-state index is 6.08. The number of hydrogen-bond acceptors (Lipinski definition) is 3. The Hall–Kier alpha value is -1.16. The van der Waals surface area contributed by atoms with Crippen LogP contribution in [0, 0.1) is 6.92 Å². The second-order valence-corrected chi connectivity index (χ2v) is 5.01. The first kappa shape index (κ1) is 14.3. The zero-order chi connectivity index (χ0) is 13.8. The predicted octanol–water partition coefficient (Wildman–Crippen LogP) is 3.79. The van der Waals surface area contributed by atoms with E-state index in [2.05, 4.69) is 22.2 Å². The van der Waals surface area contributed by atoms with E-state index in [-0.39, 0.29) is 6.04 Å². The van der Waals surface area contributed by atoms with Gasteiger partial charge in [-0.2, -0.15) is 0 Å². The molecular formula is C14H15Cl2N3. The van der Waals surface area contributed by atoms with Gasteiger partial charge in [-0.15, -0.1) is 0 Å². The van der Waals surface area contributed by atoms with E-state index in [1.807, 2.05) is 25.1 Å². The largest absolute Gasteiger partial charge is 0.305 e. The number of nitrogens with one attached hydrogen (secondary N) is 1. The quantitative estimate of drug-likeness (QED) is 0.932. The average Bonchev–Trinajstić information content (AvgIpc) is 2.39. The van der Waals surface area contributed by atoms with E-state index in [9.17, 15) is 0 Å². The van der Waals surface area contributed by atoms with Gasteiger partial charge in [-0.3, -0.25) is 0 Å². The Morgan fingerprint density at radius 1 is 1.21 bits per heavy atom. The number of aryl methyl sites for hydroxylation is 1. The first-order valence-corrected chi connectivity index (χ1v) is 6.85. The van der Waals surface area contributed by atoms with Crippen molar-refractivity contribution in [1.82, 2.24) is 15.3 Å². The molecule has 0 bridgehead atoms. The molecule has 100 valence electrons. The molecule has 0 aliphatic rings. The van der Waals surface area contributed by atoms with Gasteiger partial charge < -0.3 is 5.32 Å². The molecule has 0 spiro atoms. The summed E-state index contributed by atoms with van der Waals surface area (Å²) in [5.74, 6) is 0.750. The summed E-state index contributed by atoms with van der Waals surface area (Å²) in [4.78, 5) is 8.59. The van der Waals surface area contributed by atoms with E-state index in [1.165, 1.54) is 0 Å². The lowest BCUT2D eigenvalue weighted by Gasteiger charge is -2.18. The molecule has 0 radical (unpaired) electrons. The van der Waals surface area contributed by atoms with Crippen LogP contribution in [-0.2, 0) is 0 Å². The van der Waals surface area contributed by atoms with E-state index in [0.717, 1.165) is 23.6 Å². The number of hydrogen-bond donors (Lipinski definition) is 1. The normalized spacial score (nSPS) is 12.4. The van der Waals surface area contributed by atoms with Crippen molar-refractivity contribution in [3.05, 3.63) is 57.6 Å². The number of rotatable bonds is 4. The molecule has 2 aromatic rings. The smallest absolute Gasteiger partial charge is 0.125 e. The van der Waals surface area contributed by atoms with Crippen LogP contribution in [0.5, 0.6) is 0 Å². The molecule has 1 atom stereocenters. The average molecular weight is 296 g/mol. The van der Waals surface area contributed by atoms with Gasteiger partial charge in [0.2, 0.25) is 0 Å². The molecule has 0 fully saturated rings. The third kappa shape index (κ3) is 3.44. The predicted molar refractivity (Wildman–Crippen MR) is 78.8 cm³/mol. The highest BCUT2D eigenvalue weighted by molar-refractivity contribution is 6.42. The molecule has 1 unspecified atom stereocenters. The van der Waals surface area contributed by atoms with Crippen LogP contribution in [0.25, 0.3) is 0 Å². The molecule has 19 heavy (non-hydrogen) atoms. The lowest BCUT2D eigenvalue weighted by Crippen LogP contribution is -2.23. The summed E-state index contributed by atoms with van der Waals surface area (Å²) >= 11 is 12.0. The Morgan fingerprint density at radius 3 is 2.63 bits per heavy atom. The van der Waals surface area contributed by atoms with Crippen LogP contribution >= 0.6 is 23.2 Å². The van der Waals surface area contributed by atoms with Gasteiger partial charge in [-0.25, -0.2) is 9.97 Å². The summed E-state index contributed by atoms with van der Waals surface area (Å²) in [6, 6.07) is 7.52. The third-order valence-electron chi connectivity index (χ3n) is 2.78. The van der Waals surface area contributed by atoms with E-state index in [0.29, 0.717) is 10.0 Å². The van der Waals surface area contributed by atoms with Gasteiger partial charge in [-0.05, 0) is 37.2 Å². The van der Waals surface area contributed by atoms with E-state index < -0.39 is 0 Å².